The number of carbonyl (C=O) groups is 1. The molecule has 0 heterocycles. The third-order valence-corrected chi connectivity index (χ3v) is 2.69. The molecular weight excluding hydrogens is 261 g/mol. The predicted octanol–water partition coefficient (Wildman–Crippen LogP) is 2.97. The zero-order valence-corrected chi connectivity index (χ0v) is 10.3. The van der Waals surface area contributed by atoms with Crippen molar-refractivity contribution in [3.63, 3.8) is 0 Å². The summed E-state index contributed by atoms with van der Waals surface area (Å²) in [6.07, 6.45) is 0. The molecule has 0 amide bonds. The lowest BCUT2D eigenvalue weighted by Gasteiger charge is -2.10. The van der Waals surface area contributed by atoms with E-state index in [4.69, 9.17) is 15.1 Å². The van der Waals surface area contributed by atoms with Gasteiger partial charge in [-0.05, 0) is 30.3 Å². The Bertz CT molecular complexity index is 692. The van der Waals surface area contributed by atoms with Crippen LogP contribution >= 0.6 is 0 Å². The molecule has 0 bridgehead atoms. The number of hydrogen-bond donors (Lipinski definition) is 1. The van der Waals surface area contributed by atoms with Gasteiger partial charge in [0.1, 0.15) is 23.7 Å². The van der Waals surface area contributed by atoms with Crippen LogP contribution in [0.1, 0.15) is 21.5 Å². The lowest BCUT2D eigenvalue weighted by molar-refractivity contribution is 0.0691. The summed E-state index contributed by atoms with van der Waals surface area (Å²) in [5, 5.41) is 17.9. The predicted molar refractivity (Wildman–Crippen MR) is 68.8 cm³/mol. The van der Waals surface area contributed by atoms with E-state index in [0.29, 0.717) is 11.1 Å². The quantitative estimate of drug-likeness (QED) is 0.928. The first kappa shape index (κ1) is 13.6. The maximum atomic E-state index is 13.2. The second kappa shape index (κ2) is 5.85. The zero-order chi connectivity index (χ0) is 14.5. The highest BCUT2D eigenvalue weighted by atomic mass is 19.1. The van der Waals surface area contributed by atoms with E-state index in [1.807, 2.05) is 6.07 Å². The first-order valence-electron chi connectivity index (χ1n) is 5.75. The number of benzene rings is 2. The average Bonchev–Trinajstić information content (AvgIpc) is 2.45. The number of para-hydroxylation sites is 1. The maximum Gasteiger partial charge on any atom is 0.339 e. The second-order valence-electron chi connectivity index (χ2n) is 4.00. The molecule has 0 unspecified atom stereocenters. The molecule has 0 saturated carbocycles. The summed E-state index contributed by atoms with van der Waals surface area (Å²) < 4.78 is 18.5. The van der Waals surface area contributed by atoms with Crippen molar-refractivity contribution in [2.75, 3.05) is 0 Å². The van der Waals surface area contributed by atoms with Crippen molar-refractivity contribution in [2.24, 2.45) is 0 Å². The molecule has 2 aromatic carbocycles. The third kappa shape index (κ3) is 2.93. The number of ether oxygens (including phenoxy) is 1. The number of halogens is 1. The molecule has 4 nitrogen and oxygen atoms in total. The number of carboxylic acids is 1. The van der Waals surface area contributed by atoms with Gasteiger partial charge in [0.05, 0.1) is 11.6 Å². The summed E-state index contributed by atoms with van der Waals surface area (Å²) in [5.41, 5.74) is 0.675. The van der Waals surface area contributed by atoms with Gasteiger partial charge in [-0.3, -0.25) is 0 Å². The number of nitriles is 1. The SMILES string of the molecule is N#Cc1ccc(F)cc1COc1ccccc1C(=O)O. The topological polar surface area (TPSA) is 70.3 Å². The van der Waals surface area contributed by atoms with Crippen molar-refractivity contribution in [1.82, 2.24) is 0 Å². The molecule has 0 saturated heterocycles. The number of nitrogens with zero attached hydrogens (tertiary/aromatic N) is 1. The lowest BCUT2D eigenvalue weighted by Crippen LogP contribution is -2.04. The van der Waals surface area contributed by atoms with Crippen molar-refractivity contribution in [3.05, 3.63) is 65.0 Å². The highest BCUT2D eigenvalue weighted by Crippen LogP contribution is 2.20. The molecule has 100 valence electrons. The molecule has 2 aromatic rings. The average molecular weight is 271 g/mol. The Hall–Kier alpha value is -2.87. The molecule has 1 N–H and O–H groups in total. The van der Waals surface area contributed by atoms with Gasteiger partial charge in [0, 0.05) is 5.56 Å². The van der Waals surface area contributed by atoms with Crippen LogP contribution < -0.4 is 4.74 Å². The third-order valence-electron chi connectivity index (χ3n) is 2.69. The molecule has 0 radical (unpaired) electrons. The minimum atomic E-state index is -1.11. The Morgan fingerprint density at radius 1 is 1.30 bits per heavy atom. The second-order valence-corrected chi connectivity index (χ2v) is 4.00. The Morgan fingerprint density at radius 2 is 2.05 bits per heavy atom. The van der Waals surface area contributed by atoms with Crippen LogP contribution in [-0.4, -0.2) is 11.1 Å². The molecule has 0 aliphatic carbocycles. The van der Waals surface area contributed by atoms with Crippen LogP contribution in [0.15, 0.2) is 42.5 Å². The molecule has 0 aromatic heterocycles. The number of aromatic carboxylic acids is 1. The van der Waals surface area contributed by atoms with E-state index in [2.05, 4.69) is 0 Å². The Morgan fingerprint density at radius 3 is 2.75 bits per heavy atom. The van der Waals surface area contributed by atoms with E-state index >= 15 is 0 Å². The molecular formula is C15H10FNO3. The van der Waals surface area contributed by atoms with Gasteiger partial charge in [-0.2, -0.15) is 5.26 Å². The molecule has 0 aliphatic rings. The summed E-state index contributed by atoms with van der Waals surface area (Å²) in [4.78, 5) is 11.0. The van der Waals surface area contributed by atoms with E-state index in [1.54, 1.807) is 12.1 Å². The van der Waals surface area contributed by atoms with Crippen LogP contribution in [-0.2, 0) is 6.61 Å². The zero-order valence-electron chi connectivity index (χ0n) is 10.3. The highest BCUT2D eigenvalue weighted by molar-refractivity contribution is 5.90. The summed E-state index contributed by atoms with van der Waals surface area (Å²) in [5.74, 6) is -1.41. The van der Waals surface area contributed by atoms with Crippen molar-refractivity contribution in [1.29, 1.82) is 5.26 Å². The first-order valence-corrected chi connectivity index (χ1v) is 5.75. The van der Waals surface area contributed by atoms with Crippen LogP contribution in [0.4, 0.5) is 4.39 Å². The maximum absolute atomic E-state index is 13.2. The van der Waals surface area contributed by atoms with E-state index in [0.717, 1.165) is 0 Å². The minimum Gasteiger partial charge on any atom is -0.488 e. The first-order chi connectivity index (χ1) is 9.61. The minimum absolute atomic E-state index is 0.0161. The summed E-state index contributed by atoms with van der Waals surface area (Å²) >= 11 is 0. The number of rotatable bonds is 4. The molecule has 20 heavy (non-hydrogen) atoms. The highest BCUT2D eigenvalue weighted by Gasteiger charge is 2.11. The van der Waals surface area contributed by atoms with Gasteiger partial charge in [0.15, 0.2) is 0 Å². The van der Waals surface area contributed by atoms with Crippen molar-refractivity contribution in [2.45, 2.75) is 6.61 Å². The molecule has 5 heteroatoms. The molecule has 0 atom stereocenters. The Kier molecular flexibility index (Phi) is 3.96. The van der Waals surface area contributed by atoms with Gasteiger partial charge in [-0.1, -0.05) is 12.1 Å². The van der Waals surface area contributed by atoms with E-state index in [-0.39, 0.29) is 17.9 Å². The normalized spacial score (nSPS) is 9.80. The van der Waals surface area contributed by atoms with E-state index < -0.39 is 11.8 Å². The standard InChI is InChI=1S/C15H10FNO3/c16-12-6-5-10(8-17)11(7-12)9-20-14-4-2-1-3-13(14)15(18)19/h1-7H,9H2,(H,18,19). The van der Waals surface area contributed by atoms with Crippen LogP contribution in [0.25, 0.3) is 0 Å². The number of hydrogen-bond acceptors (Lipinski definition) is 3. The van der Waals surface area contributed by atoms with Gasteiger partial charge in [0.2, 0.25) is 0 Å². The van der Waals surface area contributed by atoms with Gasteiger partial charge >= 0.3 is 5.97 Å². The molecule has 0 spiro atoms. The van der Waals surface area contributed by atoms with Gasteiger partial charge in [0.25, 0.3) is 0 Å². The fraction of sp³-hybridized carbons (Fsp3) is 0.0667. The van der Waals surface area contributed by atoms with E-state index in [1.165, 1.54) is 30.3 Å². The summed E-state index contributed by atoms with van der Waals surface area (Å²) in [6, 6.07) is 11.8. The van der Waals surface area contributed by atoms with Crippen LogP contribution in [0.5, 0.6) is 5.75 Å². The number of carboxylic acid groups (broad SMARTS) is 1. The monoisotopic (exact) mass is 271 g/mol. The van der Waals surface area contributed by atoms with Crippen LogP contribution in [0.3, 0.4) is 0 Å². The molecule has 0 aliphatic heterocycles. The fourth-order valence-electron chi connectivity index (χ4n) is 1.72. The molecule has 2 rings (SSSR count). The van der Waals surface area contributed by atoms with Crippen molar-refractivity contribution >= 4 is 5.97 Å². The largest absolute Gasteiger partial charge is 0.488 e. The van der Waals surface area contributed by atoms with Crippen molar-refractivity contribution < 1.29 is 19.0 Å². The Balaban J connectivity index is 2.24. The van der Waals surface area contributed by atoms with Gasteiger partial charge in [-0.15, -0.1) is 0 Å². The van der Waals surface area contributed by atoms with Gasteiger partial charge < -0.3 is 9.84 Å². The molecule has 0 fully saturated rings. The summed E-state index contributed by atoms with van der Waals surface area (Å²) in [7, 11) is 0. The summed E-state index contributed by atoms with van der Waals surface area (Å²) in [6.45, 7) is -0.0784. The smallest absolute Gasteiger partial charge is 0.339 e. The van der Waals surface area contributed by atoms with Gasteiger partial charge in [-0.25, -0.2) is 9.18 Å². The van der Waals surface area contributed by atoms with Crippen LogP contribution in [0, 0.1) is 17.1 Å². The van der Waals surface area contributed by atoms with Crippen LogP contribution in [0.2, 0.25) is 0 Å². The Labute approximate surface area is 114 Å². The van der Waals surface area contributed by atoms with Crippen molar-refractivity contribution in [3.8, 4) is 11.8 Å². The lowest BCUT2D eigenvalue weighted by atomic mass is 10.1. The fourth-order valence-corrected chi connectivity index (χ4v) is 1.72. The van der Waals surface area contributed by atoms with E-state index in [9.17, 15) is 9.18 Å².